The zero-order valence-corrected chi connectivity index (χ0v) is 15.0. The van der Waals surface area contributed by atoms with Gasteiger partial charge in [-0.15, -0.1) is 0 Å². The molecule has 1 N–H and O–H groups in total. The topological polar surface area (TPSA) is 98.5 Å². The van der Waals surface area contributed by atoms with Crippen molar-refractivity contribution in [3.05, 3.63) is 75.8 Å². The summed E-state index contributed by atoms with van der Waals surface area (Å²) in [6.07, 6.45) is -3.82. The van der Waals surface area contributed by atoms with Crippen LogP contribution in [0.15, 0.2) is 54.6 Å². The lowest BCUT2D eigenvalue weighted by Gasteiger charge is -2.12. The van der Waals surface area contributed by atoms with Gasteiger partial charge in [0.15, 0.2) is 6.10 Å². The molecular formula is C19H15F3N2O5. The second kappa shape index (κ2) is 9.00. The predicted molar refractivity (Wildman–Crippen MR) is 97.8 cm³/mol. The van der Waals surface area contributed by atoms with Gasteiger partial charge in [0.05, 0.1) is 10.5 Å². The van der Waals surface area contributed by atoms with Gasteiger partial charge in [0.1, 0.15) is 5.69 Å². The van der Waals surface area contributed by atoms with Crippen molar-refractivity contribution >= 4 is 29.3 Å². The molecule has 0 aromatic heterocycles. The van der Waals surface area contributed by atoms with E-state index in [2.05, 4.69) is 5.32 Å². The molecule has 0 aliphatic carbocycles. The van der Waals surface area contributed by atoms with Crippen LogP contribution in [0.2, 0.25) is 0 Å². The Morgan fingerprint density at radius 2 is 1.86 bits per heavy atom. The van der Waals surface area contributed by atoms with Crippen LogP contribution in [-0.2, 0) is 20.5 Å². The predicted octanol–water partition coefficient (Wildman–Crippen LogP) is 4.20. The van der Waals surface area contributed by atoms with Gasteiger partial charge in [-0.2, -0.15) is 13.2 Å². The summed E-state index contributed by atoms with van der Waals surface area (Å²) in [4.78, 5) is 34.2. The maximum atomic E-state index is 12.7. The van der Waals surface area contributed by atoms with Crippen LogP contribution in [0.1, 0.15) is 18.1 Å². The smallest absolute Gasteiger partial charge is 0.416 e. The number of nitrogens with zero attached hydrogens (tertiary/aromatic N) is 1. The number of para-hydroxylation sites is 2. The standard InChI is InChI=1S/C19H15F3N2O5/c1-12(18(26)23-15-7-2-3-8-16(15)24(27)28)29-17(25)10-9-13-5-4-6-14(11-13)19(20,21)22/h2-12H,1H3,(H,23,26)/b10-9+/t12-/m1/s1. The van der Waals surface area contributed by atoms with E-state index in [1.165, 1.54) is 43.3 Å². The molecule has 0 bridgehead atoms. The number of carbonyl (C=O) groups excluding carboxylic acids is 2. The van der Waals surface area contributed by atoms with E-state index in [9.17, 15) is 32.9 Å². The summed E-state index contributed by atoms with van der Waals surface area (Å²) in [5.41, 5.74) is -1.15. The number of alkyl halides is 3. The molecule has 10 heteroatoms. The van der Waals surface area contributed by atoms with E-state index in [0.717, 1.165) is 24.3 Å². The SMILES string of the molecule is C[C@@H](OC(=O)/C=C/c1cccc(C(F)(F)F)c1)C(=O)Nc1ccccc1[N+](=O)[O-]. The fraction of sp³-hybridized carbons (Fsp3) is 0.158. The highest BCUT2D eigenvalue weighted by atomic mass is 19.4. The number of nitro groups is 1. The number of hydrogen-bond acceptors (Lipinski definition) is 5. The van der Waals surface area contributed by atoms with Crippen molar-refractivity contribution in [3.63, 3.8) is 0 Å². The maximum Gasteiger partial charge on any atom is 0.416 e. The molecule has 0 saturated heterocycles. The minimum absolute atomic E-state index is 0.0649. The van der Waals surface area contributed by atoms with Gasteiger partial charge in [-0.1, -0.05) is 24.3 Å². The van der Waals surface area contributed by atoms with E-state index in [1.807, 2.05) is 0 Å². The lowest BCUT2D eigenvalue weighted by molar-refractivity contribution is -0.383. The first-order chi connectivity index (χ1) is 13.6. The summed E-state index contributed by atoms with van der Waals surface area (Å²) in [7, 11) is 0. The fourth-order valence-corrected chi connectivity index (χ4v) is 2.22. The van der Waals surface area contributed by atoms with E-state index in [0.29, 0.717) is 0 Å². The van der Waals surface area contributed by atoms with Crippen LogP contribution >= 0.6 is 0 Å². The van der Waals surface area contributed by atoms with E-state index < -0.39 is 34.6 Å². The number of nitrogens with one attached hydrogen (secondary N) is 1. The van der Waals surface area contributed by atoms with Crippen molar-refractivity contribution < 1.29 is 32.4 Å². The summed E-state index contributed by atoms with van der Waals surface area (Å²) >= 11 is 0. The van der Waals surface area contributed by atoms with Crippen LogP contribution in [0.3, 0.4) is 0 Å². The molecule has 152 valence electrons. The molecule has 0 aliphatic rings. The highest BCUT2D eigenvalue weighted by Gasteiger charge is 2.30. The number of carbonyl (C=O) groups is 2. The third-order valence-corrected chi connectivity index (χ3v) is 3.65. The van der Waals surface area contributed by atoms with Gasteiger partial charge in [0, 0.05) is 12.1 Å². The molecule has 1 amide bonds. The zero-order valence-electron chi connectivity index (χ0n) is 15.0. The minimum Gasteiger partial charge on any atom is -0.449 e. The van der Waals surface area contributed by atoms with E-state index in [-0.39, 0.29) is 16.9 Å². The Balaban J connectivity index is 1.99. The van der Waals surface area contributed by atoms with Crippen LogP contribution in [0, 0.1) is 10.1 Å². The summed E-state index contributed by atoms with van der Waals surface area (Å²) in [6, 6.07) is 9.73. The highest BCUT2D eigenvalue weighted by Crippen LogP contribution is 2.29. The molecule has 0 unspecified atom stereocenters. The Labute approximate surface area is 162 Å². The Hall–Kier alpha value is -3.69. The number of ether oxygens (including phenoxy) is 1. The molecule has 7 nitrogen and oxygen atoms in total. The van der Waals surface area contributed by atoms with Gasteiger partial charge in [-0.3, -0.25) is 14.9 Å². The van der Waals surface area contributed by atoms with Crippen molar-refractivity contribution in [1.82, 2.24) is 0 Å². The van der Waals surface area contributed by atoms with Crippen LogP contribution in [0.5, 0.6) is 0 Å². The second-order valence-electron chi connectivity index (χ2n) is 5.80. The third kappa shape index (κ3) is 6.16. The van der Waals surface area contributed by atoms with Gasteiger partial charge in [0.2, 0.25) is 0 Å². The van der Waals surface area contributed by atoms with Crippen molar-refractivity contribution in [3.8, 4) is 0 Å². The quantitative estimate of drug-likeness (QED) is 0.334. The normalized spacial score (nSPS) is 12.4. The maximum absolute atomic E-state index is 12.7. The largest absolute Gasteiger partial charge is 0.449 e. The molecular weight excluding hydrogens is 393 g/mol. The molecule has 1 atom stereocenters. The molecule has 0 heterocycles. The Morgan fingerprint density at radius 1 is 1.17 bits per heavy atom. The fourth-order valence-electron chi connectivity index (χ4n) is 2.22. The van der Waals surface area contributed by atoms with Crippen molar-refractivity contribution in [1.29, 1.82) is 0 Å². The van der Waals surface area contributed by atoms with Crippen LogP contribution in [0.4, 0.5) is 24.5 Å². The Bertz CT molecular complexity index is 957. The van der Waals surface area contributed by atoms with Crippen LogP contribution < -0.4 is 5.32 Å². The van der Waals surface area contributed by atoms with Gasteiger partial charge in [-0.05, 0) is 36.8 Å². The number of anilines is 1. The lowest BCUT2D eigenvalue weighted by Crippen LogP contribution is -2.29. The second-order valence-corrected chi connectivity index (χ2v) is 5.80. The van der Waals surface area contributed by atoms with Crippen LogP contribution in [-0.4, -0.2) is 22.9 Å². The molecule has 0 radical (unpaired) electrons. The Kier molecular flexibility index (Phi) is 6.71. The van der Waals surface area contributed by atoms with Gasteiger partial charge < -0.3 is 10.1 Å². The summed E-state index contributed by atoms with van der Waals surface area (Å²) in [6.45, 7) is 1.25. The lowest BCUT2D eigenvalue weighted by atomic mass is 10.1. The summed E-state index contributed by atoms with van der Waals surface area (Å²) in [5.74, 6) is -1.77. The van der Waals surface area contributed by atoms with Gasteiger partial charge in [0.25, 0.3) is 11.6 Å². The summed E-state index contributed by atoms with van der Waals surface area (Å²) in [5, 5.41) is 13.2. The number of rotatable bonds is 6. The molecule has 29 heavy (non-hydrogen) atoms. The first-order valence-corrected chi connectivity index (χ1v) is 8.18. The average molecular weight is 408 g/mol. The summed E-state index contributed by atoms with van der Waals surface area (Å²) < 4.78 is 42.9. The number of benzene rings is 2. The zero-order chi connectivity index (χ0) is 21.6. The van der Waals surface area contributed by atoms with Gasteiger partial charge in [-0.25, -0.2) is 4.79 Å². The molecule has 2 aromatic carbocycles. The molecule has 0 spiro atoms. The number of hydrogen-bond donors (Lipinski definition) is 1. The molecule has 0 fully saturated rings. The first-order valence-electron chi connectivity index (χ1n) is 8.18. The number of nitro benzene ring substituents is 1. The molecule has 0 saturated carbocycles. The third-order valence-electron chi connectivity index (χ3n) is 3.65. The van der Waals surface area contributed by atoms with E-state index in [4.69, 9.17) is 4.74 Å². The first kappa shape index (κ1) is 21.6. The van der Waals surface area contributed by atoms with Crippen molar-refractivity contribution in [2.24, 2.45) is 0 Å². The Morgan fingerprint density at radius 3 is 2.52 bits per heavy atom. The van der Waals surface area contributed by atoms with E-state index >= 15 is 0 Å². The molecule has 2 aromatic rings. The van der Waals surface area contributed by atoms with Crippen molar-refractivity contribution in [2.45, 2.75) is 19.2 Å². The number of amides is 1. The van der Waals surface area contributed by atoms with Crippen molar-refractivity contribution in [2.75, 3.05) is 5.32 Å². The minimum atomic E-state index is -4.52. The van der Waals surface area contributed by atoms with E-state index in [1.54, 1.807) is 0 Å². The van der Waals surface area contributed by atoms with Crippen LogP contribution in [0.25, 0.3) is 6.08 Å². The van der Waals surface area contributed by atoms with Gasteiger partial charge >= 0.3 is 12.1 Å². The number of esters is 1. The number of halogens is 3. The molecule has 0 aliphatic heterocycles. The molecule has 2 rings (SSSR count). The monoisotopic (exact) mass is 408 g/mol. The highest BCUT2D eigenvalue weighted by molar-refractivity contribution is 5.98. The average Bonchev–Trinajstić information content (AvgIpc) is 2.66.